The Hall–Kier alpha value is -1.85. The molecular weight excluding hydrogens is 301 g/mol. The molecule has 0 unspecified atom stereocenters. The summed E-state index contributed by atoms with van der Waals surface area (Å²) in [4.78, 5) is 19.2. The molecule has 5 nitrogen and oxygen atoms in total. The second-order valence-electron chi connectivity index (χ2n) is 4.22. The minimum absolute atomic E-state index is 0.0416. The predicted molar refractivity (Wildman–Crippen MR) is 77.4 cm³/mol. The van der Waals surface area contributed by atoms with E-state index in [0.717, 1.165) is 5.56 Å². The van der Waals surface area contributed by atoms with Crippen molar-refractivity contribution in [3.05, 3.63) is 50.9 Å². The van der Waals surface area contributed by atoms with Gasteiger partial charge in [0, 0.05) is 6.42 Å². The summed E-state index contributed by atoms with van der Waals surface area (Å²) >= 11 is 11.8. The lowest BCUT2D eigenvalue weighted by Gasteiger charge is -2.07. The highest BCUT2D eigenvalue weighted by Crippen LogP contribution is 2.24. The molecule has 0 aliphatic carbocycles. The van der Waals surface area contributed by atoms with Crippen LogP contribution in [0.1, 0.15) is 27.4 Å². The number of hydrogen-bond donors (Lipinski definition) is 2. The number of carbonyl (C=O) groups is 1. The molecule has 0 saturated heterocycles. The van der Waals surface area contributed by atoms with Gasteiger partial charge in [-0.05, 0) is 24.6 Å². The fraction of sp³-hybridized carbons (Fsp3) is 0.154. The standard InChI is InChI=1S/C13H11Cl2N3O2/c1-6-11(13(19)20)12(16)18-10(17-6)5-7-2-3-8(14)9(15)4-7/h2-4H,5H2,1H3,(H,19,20)(H2,16,17,18). The Bertz CT molecular complexity index is 666. The normalized spacial score (nSPS) is 10.6. The van der Waals surface area contributed by atoms with Gasteiger partial charge in [0.25, 0.3) is 0 Å². The van der Waals surface area contributed by atoms with Gasteiger partial charge in [-0.1, -0.05) is 29.3 Å². The maximum Gasteiger partial charge on any atom is 0.341 e. The van der Waals surface area contributed by atoms with Gasteiger partial charge in [-0.3, -0.25) is 0 Å². The van der Waals surface area contributed by atoms with E-state index >= 15 is 0 Å². The smallest absolute Gasteiger partial charge is 0.341 e. The monoisotopic (exact) mass is 311 g/mol. The molecule has 104 valence electrons. The number of benzene rings is 1. The quantitative estimate of drug-likeness (QED) is 0.909. The summed E-state index contributed by atoms with van der Waals surface area (Å²) in [5.74, 6) is -0.746. The maximum absolute atomic E-state index is 11.0. The van der Waals surface area contributed by atoms with Gasteiger partial charge in [0.15, 0.2) is 0 Å². The minimum Gasteiger partial charge on any atom is -0.477 e. The first-order valence-electron chi connectivity index (χ1n) is 5.68. The first-order chi connectivity index (χ1) is 9.38. The molecule has 3 N–H and O–H groups in total. The minimum atomic E-state index is -1.14. The highest BCUT2D eigenvalue weighted by atomic mass is 35.5. The molecule has 1 aromatic heterocycles. The third-order valence-electron chi connectivity index (χ3n) is 2.72. The highest BCUT2D eigenvalue weighted by Gasteiger charge is 2.16. The maximum atomic E-state index is 11.0. The average molecular weight is 312 g/mol. The number of anilines is 1. The molecule has 2 rings (SSSR count). The van der Waals surface area contributed by atoms with E-state index in [4.69, 9.17) is 34.0 Å². The van der Waals surface area contributed by atoms with Gasteiger partial charge in [-0.2, -0.15) is 0 Å². The molecule has 0 atom stereocenters. The Morgan fingerprint density at radius 3 is 2.55 bits per heavy atom. The van der Waals surface area contributed by atoms with Gasteiger partial charge in [0.2, 0.25) is 0 Å². The third-order valence-corrected chi connectivity index (χ3v) is 3.46. The van der Waals surface area contributed by atoms with Gasteiger partial charge >= 0.3 is 5.97 Å². The van der Waals surface area contributed by atoms with Crippen molar-refractivity contribution in [2.45, 2.75) is 13.3 Å². The van der Waals surface area contributed by atoms with Crippen molar-refractivity contribution in [3.8, 4) is 0 Å². The molecule has 0 fully saturated rings. The van der Waals surface area contributed by atoms with Crippen molar-refractivity contribution < 1.29 is 9.90 Å². The van der Waals surface area contributed by atoms with Crippen LogP contribution >= 0.6 is 23.2 Å². The molecule has 7 heteroatoms. The molecule has 0 radical (unpaired) electrons. The van der Waals surface area contributed by atoms with E-state index < -0.39 is 5.97 Å². The highest BCUT2D eigenvalue weighted by molar-refractivity contribution is 6.42. The van der Waals surface area contributed by atoms with Crippen LogP contribution in [0.15, 0.2) is 18.2 Å². The molecule has 0 saturated carbocycles. The van der Waals surface area contributed by atoms with Crippen molar-refractivity contribution in [3.63, 3.8) is 0 Å². The summed E-state index contributed by atoms with van der Waals surface area (Å²) < 4.78 is 0. The zero-order chi connectivity index (χ0) is 14.9. The summed E-state index contributed by atoms with van der Waals surface area (Å²) in [5, 5.41) is 9.91. The molecule has 1 aromatic carbocycles. The lowest BCUT2D eigenvalue weighted by molar-refractivity contribution is 0.0696. The third kappa shape index (κ3) is 3.00. The van der Waals surface area contributed by atoms with E-state index in [9.17, 15) is 4.79 Å². The number of aromatic nitrogens is 2. The van der Waals surface area contributed by atoms with Gasteiger partial charge in [-0.25, -0.2) is 14.8 Å². The number of carboxylic acids is 1. The average Bonchev–Trinajstić information content (AvgIpc) is 2.32. The number of halogens is 2. The fourth-order valence-corrected chi connectivity index (χ4v) is 2.15. The number of aryl methyl sites for hydroxylation is 1. The van der Waals surface area contributed by atoms with Crippen LogP contribution in [0.5, 0.6) is 0 Å². The largest absolute Gasteiger partial charge is 0.477 e. The zero-order valence-electron chi connectivity index (χ0n) is 10.5. The number of rotatable bonds is 3. The Balaban J connectivity index is 2.35. The molecule has 0 bridgehead atoms. The van der Waals surface area contributed by atoms with Crippen molar-refractivity contribution in [1.29, 1.82) is 0 Å². The van der Waals surface area contributed by atoms with Crippen LogP contribution in [0.4, 0.5) is 5.82 Å². The van der Waals surface area contributed by atoms with Crippen molar-refractivity contribution in [2.75, 3.05) is 5.73 Å². The van der Waals surface area contributed by atoms with E-state index in [1.54, 1.807) is 25.1 Å². The van der Waals surface area contributed by atoms with Crippen molar-refractivity contribution in [1.82, 2.24) is 9.97 Å². The van der Waals surface area contributed by atoms with Crippen molar-refractivity contribution >= 4 is 35.0 Å². The second-order valence-corrected chi connectivity index (χ2v) is 5.03. The summed E-state index contributed by atoms with van der Waals surface area (Å²) in [6.45, 7) is 1.58. The predicted octanol–water partition coefficient (Wildman–Crippen LogP) is 2.96. The summed E-state index contributed by atoms with van der Waals surface area (Å²) in [5.41, 5.74) is 6.78. The second kappa shape index (κ2) is 5.64. The molecule has 0 aliphatic rings. The molecular formula is C13H11Cl2N3O2. The molecule has 0 spiro atoms. The van der Waals surface area contributed by atoms with Crippen LogP contribution in [-0.2, 0) is 6.42 Å². The van der Waals surface area contributed by atoms with E-state index in [1.165, 1.54) is 0 Å². The summed E-state index contributed by atoms with van der Waals surface area (Å²) in [6, 6.07) is 5.19. The summed E-state index contributed by atoms with van der Waals surface area (Å²) in [6.07, 6.45) is 0.391. The lowest BCUT2D eigenvalue weighted by atomic mass is 10.1. The fourth-order valence-electron chi connectivity index (χ4n) is 1.83. The Morgan fingerprint density at radius 2 is 2.00 bits per heavy atom. The summed E-state index contributed by atoms with van der Waals surface area (Å²) in [7, 11) is 0. The Morgan fingerprint density at radius 1 is 1.30 bits per heavy atom. The number of nitrogens with zero attached hydrogens (tertiary/aromatic N) is 2. The number of carboxylic acid groups (broad SMARTS) is 1. The molecule has 0 aliphatic heterocycles. The topological polar surface area (TPSA) is 89.1 Å². The van der Waals surface area contributed by atoms with Crippen LogP contribution in [0, 0.1) is 6.92 Å². The van der Waals surface area contributed by atoms with E-state index in [2.05, 4.69) is 9.97 Å². The van der Waals surface area contributed by atoms with Crippen LogP contribution in [0.25, 0.3) is 0 Å². The van der Waals surface area contributed by atoms with E-state index in [0.29, 0.717) is 28.0 Å². The Kier molecular flexibility index (Phi) is 4.11. The van der Waals surface area contributed by atoms with Crippen LogP contribution in [0.3, 0.4) is 0 Å². The van der Waals surface area contributed by atoms with Gasteiger partial charge in [-0.15, -0.1) is 0 Å². The number of nitrogen functional groups attached to an aromatic ring is 1. The van der Waals surface area contributed by atoms with Gasteiger partial charge < -0.3 is 10.8 Å². The molecule has 2 aromatic rings. The van der Waals surface area contributed by atoms with E-state index in [-0.39, 0.29) is 11.4 Å². The zero-order valence-corrected chi connectivity index (χ0v) is 12.0. The SMILES string of the molecule is Cc1nc(Cc2ccc(Cl)c(Cl)c2)nc(N)c1C(=O)O. The van der Waals surface area contributed by atoms with Crippen LogP contribution in [0.2, 0.25) is 10.0 Å². The number of hydrogen-bond acceptors (Lipinski definition) is 4. The number of nitrogens with two attached hydrogens (primary N) is 1. The van der Waals surface area contributed by atoms with Crippen molar-refractivity contribution in [2.24, 2.45) is 0 Å². The first kappa shape index (κ1) is 14.6. The van der Waals surface area contributed by atoms with Gasteiger partial charge in [0.05, 0.1) is 15.7 Å². The lowest BCUT2D eigenvalue weighted by Crippen LogP contribution is -2.12. The van der Waals surface area contributed by atoms with E-state index in [1.807, 2.05) is 0 Å². The van der Waals surface area contributed by atoms with Crippen LogP contribution < -0.4 is 5.73 Å². The molecule has 1 heterocycles. The van der Waals surface area contributed by atoms with Gasteiger partial charge in [0.1, 0.15) is 17.2 Å². The van der Waals surface area contributed by atoms with Crippen LogP contribution in [-0.4, -0.2) is 21.0 Å². The molecule has 20 heavy (non-hydrogen) atoms. The number of aromatic carboxylic acids is 1. The first-order valence-corrected chi connectivity index (χ1v) is 6.44. The molecule has 0 amide bonds. The Labute approximate surface area is 125 Å².